The van der Waals surface area contributed by atoms with Crippen LogP contribution in [0.1, 0.15) is 6.42 Å². The van der Waals surface area contributed by atoms with Crippen LogP contribution in [0.3, 0.4) is 0 Å². The van der Waals surface area contributed by atoms with Crippen molar-refractivity contribution in [2.75, 3.05) is 18.4 Å². The van der Waals surface area contributed by atoms with Gasteiger partial charge in [-0.15, -0.1) is 11.3 Å². The van der Waals surface area contributed by atoms with Crippen molar-refractivity contribution in [3.05, 3.63) is 54.6 Å². The summed E-state index contributed by atoms with van der Waals surface area (Å²) in [6.45, 7) is 0.989. The summed E-state index contributed by atoms with van der Waals surface area (Å²) in [7, 11) is 1.87. The summed E-state index contributed by atoms with van der Waals surface area (Å²) in [5.74, 6) is 1.15. The number of thiazole rings is 1. The van der Waals surface area contributed by atoms with E-state index < -0.39 is 12.3 Å². The zero-order chi connectivity index (χ0) is 23.1. The molecule has 0 spiro atoms. The van der Waals surface area contributed by atoms with Gasteiger partial charge < -0.3 is 15.4 Å². The minimum absolute atomic E-state index is 0.279. The minimum atomic E-state index is -1.10. The van der Waals surface area contributed by atoms with Crippen molar-refractivity contribution in [2.24, 2.45) is 7.05 Å². The fraction of sp³-hybridized carbons (Fsp3) is 0.250. The van der Waals surface area contributed by atoms with E-state index in [1.54, 1.807) is 22.2 Å². The molecule has 1 aliphatic heterocycles. The predicted octanol–water partition coefficient (Wildman–Crippen LogP) is 4.46. The monoisotopic (exact) mass is 475 g/mol. The third-order valence-corrected chi connectivity index (χ3v) is 6.75. The normalized spacial score (nSPS) is 18.4. The van der Waals surface area contributed by atoms with Gasteiger partial charge in [0, 0.05) is 31.0 Å². The number of hydrogen-bond donors (Lipinski definition) is 2. The van der Waals surface area contributed by atoms with Crippen LogP contribution in [0.4, 0.5) is 15.9 Å². The number of aryl methyl sites for hydroxylation is 1. The molecule has 6 rings (SSSR count). The molecule has 2 atom stereocenters. The average Bonchev–Trinajstić information content (AvgIpc) is 3.49. The van der Waals surface area contributed by atoms with Gasteiger partial charge in [-0.05, 0) is 48.9 Å². The van der Waals surface area contributed by atoms with Crippen LogP contribution >= 0.6 is 11.3 Å². The van der Waals surface area contributed by atoms with Crippen LogP contribution in [-0.2, 0) is 7.05 Å². The number of halogens is 1. The van der Waals surface area contributed by atoms with E-state index in [0.717, 1.165) is 27.0 Å². The maximum absolute atomic E-state index is 14.7. The topological polar surface area (TPSA) is 89.8 Å². The van der Waals surface area contributed by atoms with E-state index in [1.165, 1.54) is 6.33 Å². The standard InChI is InChI=1S/C24H22FN7OS/c1-32-11-15(9-30-32)14-6-19-23(21(7-14)33-20-4-5-26-10-17(20)25)24(28-12-27-19)31-16-2-3-18-22(8-16)34-13-29-18/h2-3,6-9,11-13,17,20,26H,4-5,10H2,1H3,(H,27,28,31)/t17-,20-/m1/s1. The molecular formula is C24H22FN7OS. The lowest BCUT2D eigenvalue weighted by molar-refractivity contribution is 0.0744. The van der Waals surface area contributed by atoms with Crippen molar-refractivity contribution in [2.45, 2.75) is 18.7 Å². The van der Waals surface area contributed by atoms with Gasteiger partial charge in [-0.25, -0.2) is 19.3 Å². The summed E-state index contributed by atoms with van der Waals surface area (Å²) >= 11 is 1.58. The van der Waals surface area contributed by atoms with E-state index >= 15 is 0 Å². The molecule has 8 nitrogen and oxygen atoms in total. The van der Waals surface area contributed by atoms with Crippen LogP contribution in [0.5, 0.6) is 5.75 Å². The minimum Gasteiger partial charge on any atom is -0.486 e. The zero-order valence-electron chi connectivity index (χ0n) is 18.4. The van der Waals surface area contributed by atoms with E-state index in [-0.39, 0.29) is 6.54 Å². The van der Waals surface area contributed by atoms with Crippen molar-refractivity contribution in [1.29, 1.82) is 0 Å². The maximum atomic E-state index is 14.7. The molecule has 3 aromatic heterocycles. The van der Waals surface area contributed by atoms with Gasteiger partial charge in [0.2, 0.25) is 0 Å². The number of aromatic nitrogens is 5. The molecule has 4 heterocycles. The third-order valence-electron chi connectivity index (χ3n) is 5.96. The Morgan fingerprint density at radius 2 is 2.09 bits per heavy atom. The van der Waals surface area contributed by atoms with Gasteiger partial charge in [0.25, 0.3) is 0 Å². The maximum Gasteiger partial charge on any atom is 0.149 e. The van der Waals surface area contributed by atoms with E-state index in [2.05, 4.69) is 30.7 Å². The van der Waals surface area contributed by atoms with Crippen molar-refractivity contribution < 1.29 is 9.13 Å². The summed E-state index contributed by atoms with van der Waals surface area (Å²) in [5, 5.41) is 11.5. The Morgan fingerprint density at radius 1 is 1.15 bits per heavy atom. The van der Waals surface area contributed by atoms with Crippen molar-refractivity contribution in [3.8, 4) is 16.9 Å². The molecule has 0 unspecified atom stereocenters. The van der Waals surface area contributed by atoms with Crippen LogP contribution in [-0.4, -0.2) is 50.1 Å². The Hall–Kier alpha value is -3.63. The molecule has 5 aromatic rings. The quantitative estimate of drug-likeness (QED) is 0.388. The largest absolute Gasteiger partial charge is 0.486 e. The molecule has 172 valence electrons. The van der Waals surface area contributed by atoms with Crippen molar-refractivity contribution in [3.63, 3.8) is 0 Å². The first-order chi connectivity index (χ1) is 16.6. The Morgan fingerprint density at radius 3 is 2.94 bits per heavy atom. The second kappa shape index (κ2) is 8.62. The summed E-state index contributed by atoms with van der Waals surface area (Å²) in [6.07, 6.45) is 4.18. The number of piperidine rings is 1. The Labute approximate surface area is 198 Å². The van der Waals surface area contributed by atoms with Gasteiger partial charge in [-0.1, -0.05) is 0 Å². The second-order valence-corrected chi connectivity index (χ2v) is 9.20. The number of benzene rings is 2. The lowest BCUT2D eigenvalue weighted by atomic mass is 10.0. The van der Waals surface area contributed by atoms with Gasteiger partial charge in [0.15, 0.2) is 0 Å². The summed E-state index contributed by atoms with van der Waals surface area (Å²) in [4.78, 5) is 13.4. The number of nitrogens with one attached hydrogen (secondary N) is 2. The SMILES string of the molecule is Cn1cc(-c2cc(O[C@@H]3CCNC[C@H]3F)c3c(Nc4ccc5ncsc5c4)ncnc3c2)cn1. The molecule has 0 radical (unpaired) electrons. The molecule has 1 aliphatic rings. The van der Waals surface area contributed by atoms with Gasteiger partial charge in [-0.2, -0.15) is 5.10 Å². The van der Waals surface area contributed by atoms with E-state index in [4.69, 9.17) is 4.74 Å². The molecule has 0 aliphatic carbocycles. The summed E-state index contributed by atoms with van der Waals surface area (Å²) in [5.41, 5.74) is 6.19. The Balaban J connectivity index is 1.46. The van der Waals surface area contributed by atoms with Crippen LogP contribution in [0.15, 0.2) is 54.6 Å². The number of nitrogens with zero attached hydrogens (tertiary/aromatic N) is 5. The molecule has 10 heteroatoms. The summed E-state index contributed by atoms with van der Waals surface area (Å²) in [6, 6.07) is 9.88. The molecule has 2 N–H and O–H groups in total. The number of fused-ring (bicyclic) bond motifs is 2. The number of hydrogen-bond acceptors (Lipinski definition) is 8. The first-order valence-corrected chi connectivity index (χ1v) is 11.9. The second-order valence-electron chi connectivity index (χ2n) is 8.32. The van der Waals surface area contributed by atoms with Gasteiger partial charge in [-0.3, -0.25) is 4.68 Å². The van der Waals surface area contributed by atoms with E-state index in [1.807, 2.05) is 49.1 Å². The molecule has 1 saturated heterocycles. The first-order valence-electron chi connectivity index (χ1n) is 11.0. The zero-order valence-corrected chi connectivity index (χ0v) is 19.2. The van der Waals surface area contributed by atoms with Crippen LogP contribution in [0.2, 0.25) is 0 Å². The summed E-state index contributed by atoms with van der Waals surface area (Å²) < 4.78 is 23.8. The number of alkyl halides is 1. The third kappa shape index (κ3) is 3.95. The Bertz CT molecular complexity index is 1480. The molecule has 1 fully saturated rings. The smallest absolute Gasteiger partial charge is 0.149 e. The lowest BCUT2D eigenvalue weighted by Crippen LogP contribution is -2.44. The molecule has 0 saturated carbocycles. The van der Waals surface area contributed by atoms with E-state index in [9.17, 15) is 4.39 Å². The molecular weight excluding hydrogens is 453 g/mol. The molecule has 34 heavy (non-hydrogen) atoms. The number of rotatable bonds is 5. The van der Waals surface area contributed by atoms with E-state index in [0.29, 0.717) is 35.4 Å². The van der Waals surface area contributed by atoms with Crippen LogP contribution < -0.4 is 15.4 Å². The predicted molar refractivity (Wildman–Crippen MR) is 131 cm³/mol. The van der Waals surface area contributed by atoms with Gasteiger partial charge in [0.1, 0.15) is 30.2 Å². The fourth-order valence-corrected chi connectivity index (χ4v) is 4.96. The van der Waals surface area contributed by atoms with Crippen LogP contribution in [0, 0.1) is 0 Å². The number of ether oxygens (including phenoxy) is 1. The van der Waals surface area contributed by atoms with Crippen molar-refractivity contribution in [1.82, 2.24) is 30.0 Å². The lowest BCUT2D eigenvalue weighted by Gasteiger charge is -2.28. The average molecular weight is 476 g/mol. The van der Waals surface area contributed by atoms with Crippen molar-refractivity contribution >= 4 is 44.0 Å². The highest BCUT2D eigenvalue weighted by Gasteiger charge is 2.28. The fourth-order valence-electron chi connectivity index (χ4n) is 4.24. The number of anilines is 2. The highest BCUT2D eigenvalue weighted by molar-refractivity contribution is 7.16. The molecule has 0 bridgehead atoms. The van der Waals surface area contributed by atoms with Gasteiger partial charge in [0.05, 0.1) is 32.8 Å². The first kappa shape index (κ1) is 20.9. The highest BCUT2D eigenvalue weighted by Crippen LogP contribution is 2.37. The molecule has 0 amide bonds. The molecule has 2 aromatic carbocycles. The highest BCUT2D eigenvalue weighted by atomic mass is 32.1. The van der Waals surface area contributed by atoms with Crippen LogP contribution in [0.25, 0.3) is 32.2 Å². The van der Waals surface area contributed by atoms with Gasteiger partial charge >= 0.3 is 0 Å². The Kier molecular flexibility index (Phi) is 5.31.